The standard InChI is InChI=1S/C65H43N/c1-5-22-45(23-6-1)62-55-32-16-15-31-52(55)53-42-40-49(43-57(53)63(62)46-24-7-2-8-25-46)66(60-37-19-34-51-50-30-14-13-21-44(50)39-41-54(51)60)61-38-20-36-59-64(61)56-33-17-18-35-58(56)65(59,47-26-9-3-10-27-47)48-28-11-4-12-29-48/h1-43H. The van der Waals surface area contributed by atoms with Crippen LogP contribution in [0, 0.1) is 0 Å². The minimum Gasteiger partial charge on any atom is -0.309 e. The van der Waals surface area contributed by atoms with Crippen LogP contribution in [0.15, 0.2) is 261 Å². The first-order valence-electron chi connectivity index (χ1n) is 22.9. The number of hydrogen-bond acceptors (Lipinski definition) is 1. The van der Waals surface area contributed by atoms with Crippen molar-refractivity contribution in [3.8, 4) is 33.4 Å². The molecular weight excluding hydrogens is 795 g/mol. The van der Waals surface area contributed by atoms with E-state index in [-0.39, 0.29) is 0 Å². The molecule has 1 nitrogen and oxygen atoms in total. The summed E-state index contributed by atoms with van der Waals surface area (Å²) in [6.07, 6.45) is 0. The summed E-state index contributed by atoms with van der Waals surface area (Å²) >= 11 is 0. The van der Waals surface area contributed by atoms with Crippen LogP contribution in [0.2, 0.25) is 0 Å². The van der Waals surface area contributed by atoms with Crippen molar-refractivity contribution in [3.05, 3.63) is 283 Å². The van der Waals surface area contributed by atoms with Gasteiger partial charge in [0.25, 0.3) is 0 Å². The Morgan fingerprint density at radius 3 is 1.47 bits per heavy atom. The number of nitrogens with zero attached hydrogens (tertiary/aromatic N) is 1. The maximum Gasteiger partial charge on any atom is 0.0714 e. The van der Waals surface area contributed by atoms with E-state index < -0.39 is 5.41 Å². The molecule has 0 amide bonds. The van der Waals surface area contributed by atoms with E-state index in [2.05, 4.69) is 266 Å². The van der Waals surface area contributed by atoms with E-state index in [4.69, 9.17) is 0 Å². The molecule has 0 saturated carbocycles. The Labute approximate surface area is 385 Å². The van der Waals surface area contributed by atoms with E-state index >= 15 is 0 Å². The Bertz CT molecular complexity index is 3760. The van der Waals surface area contributed by atoms with Crippen LogP contribution in [-0.4, -0.2) is 0 Å². The predicted molar refractivity (Wildman–Crippen MR) is 279 cm³/mol. The van der Waals surface area contributed by atoms with Crippen molar-refractivity contribution in [2.24, 2.45) is 0 Å². The van der Waals surface area contributed by atoms with Crippen molar-refractivity contribution >= 4 is 60.2 Å². The summed E-state index contributed by atoms with van der Waals surface area (Å²) in [4.78, 5) is 2.56. The Balaban J connectivity index is 1.18. The molecule has 66 heavy (non-hydrogen) atoms. The summed E-state index contributed by atoms with van der Waals surface area (Å²) in [5.74, 6) is 0. The smallest absolute Gasteiger partial charge is 0.0714 e. The third-order valence-electron chi connectivity index (χ3n) is 14.1. The maximum atomic E-state index is 2.56. The molecule has 308 valence electrons. The fraction of sp³-hybridized carbons (Fsp3) is 0.0154. The van der Waals surface area contributed by atoms with Gasteiger partial charge in [-0.05, 0) is 112 Å². The second-order valence-corrected chi connectivity index (χ2v) is 17.5. The molecule has 0 bridgehead atoms. The van der Waals surface area contributed by atoms with E-state index in [1.165, 1.54) is 98.7 Å². The van der Waals surface area contributed by atoms with Crippen molar-refractivity contribution in [2.75, 3.05) is 4.90 Å². The number of anilines is 3. The van der Waals surface area contributed by atoms with Gasteiger partial charge in [0.05, 0.1) is 16.8 Å². The van der Waals surface area contributed by atoms with E-state index in [0.29, 0.717) is 0 Å². The van der Waals surface area contributed by atoms with Crippen LogP contribution in [0.4, 0.5) is 17.1 Å². The zero-order valence-corrected chi connectivity index (χ0v) is 36.3. The molecule has 12 aromatic rings. The molecule has 1 heteroatoms. The Hall–Kier alpha value is -8.52. The van der Waals surface area contributed by atoms with Crippen LogP contribution in [0.25, 0.3) is 76.5 Å². The first-order valence-corrected chi connectivity index (χ1v) is 22.9. The van der Waals surface area contributed by atoms with Crippen LogP contribution in [-0.2, 0) is 5.41 Å². The summed E-state index contributed by atoms with van der Waals surface area (Å²) in [5.41, 5.74) is 15.2. The molecule has 13 rings (SSSR count). The molecular formula is C65H43N. The molecule has 1 aliphatic carbocycles. The third kappa shape index (κ3) is 5.67. The molecule has 0 radical (unpaired) electrons. The van der Waals surface area contributed by atoms with Gasteiger partial charge >= 0.3 is 0 Å². The minimum absolute atomic E-state index is 0.543. The summed E-state index contributed by atoms with van der Waals surface area (Å²) in [6, 6.07) is 96.6. The number of rotatable bonds is 7. The largest absolute Gasteiger partial charge is 0.309 e. The predicted octanol–water partition coefficient (Wildman–Crippen LogP) is 17.5. The highest BCUT2D eigenvalue weighted by Gasteiger charge is 2.47. The highest BCUT2D eigenvalue weighted by molar-refractivity contribution is 6.22. The van der Waals surface area contributed by atoms with E-state index in [1.807, 2.05) is 0 Å². The molecule has 0 saturated heterocycles. The summed E-state index contributed by atoms with van der Waals surface area (Å²) in [6.45, 7) is 0. The topological polar surface area (TPSA) is 3.24 Å². The van der Waals surface area contributed by atoms with Crippen molar-refractivity contribution in [1.82, 2.24) is 0 Å². The number of hydrogen-bond donors (Lipinski definition) is 0. The van der Waals surface area contributed by atoms with E-state index in [0.717, 1.165) is 17.1 Å². The zero-order valence-electron chi connectivity index (χ0n) is 36.3. The first kappa shape index (κ1) is 38.0. The summed E-state index contributed by atoms with van der Waals surface area (Å²) < 4.78 is 0. The fourth-order valence-electron chi connectivity index (χ4n) is 11.4. The second kappa shape index (κ2) is 15.3. The van der Waals surface area contributed by atoms with Gasteiger partial charge in [0, 0.05) is 16.6 Å². The molecule has 0 aromatic heterocycles. The molecule has 0 spiro atoms. The maximum absolute atomic E-state index is 2.56. The molecule has 0 heterocycles. The molecule has 12 aromatic carbocycles. The van der Waals surface area contributed by atoms with Crippen molar-refractivity contribution in [3.63, 3.8) is 0 Å². The van der Waals surface area contributed by atoms with Crippen molar-refractivity contribution in [2.45, 2.75) is 5.41 Å². The van der Waals surface area contributed by atoms with Gasteiger partial charge in [0.2, 0.25) is 0 Å². The quantitative estimate of drug-likeness (QED) is 0.145. The highest BCUT2D eigenvalue weighted by atomic mass is 15.1. The highest BCUT2D eigenvalue weighted by Crippen LogP contribution is 2.60. The second-order valence-electron chi connectivity index (χ2n) is 17.5. The van der Waals surface area contributed by atoms with E-state index in [9.17, 15) is 0 Å². The van der Waals surface area contributed by atoms with Crippen LogP contribution in [0.5, 0.6) is 0 Å². The minimum atomic E-state index is -0.543. The average molecular weight is 838 g/mol. The van der Waals surface area contributed by atoms with Gasteiger partial charge in [0.15, 0.2) is 0 Å². The van der Waals surface area contributed by atoms with Crippen LogP contribution >= 0.6 is 0 Å². The molecule has 0 atom stereocenters. The Morgan fingerprint density at radius 2 is 0.758 bits per heavy atom. The van der Waals surface area contributed by atoms with Crippen LogP contribution in [0.1, 0.15) is 22.3 Å². The fourth-order valence-corrected chi connectivity index (χ4v) is 11.4. The molecule has 0 N–H and O–H groups in total. The zero-order chi connectivity index (χ0) is 43.6. The van der Waals surface area contributed by atoms with E-state index in [1.54, 1.807) is 0 Å². The Kier molecular flexibility index (Phi) is 8.82. The van der Waals surface area contributed by atoms with Crippen molar-refractivity contribution in [1.29, 1.82) is 0 Å². The van der Waals surface area contributed by atoms with Gasteiger partial charge in [0.1, 0.15) is 0 Å². The van der Waals surface area contributed by atoms with Gasteiger partial charge in [-0.1, -0.05) is 237 Å². The van der Waals surface area contributed by atoms with Gasteiger partial charge in [-0.25, -0.2) is 0 Å². The summed E-state index contributed by atoms with van der Waals surface area (Å²) in [5, 5.41) is 9.84. The lowest BCUT2D eigenvalue weighted by Gasteiger charge is -2.34. The van der Waals surface area contributed by atoms with Crippen molar-refractivity contribution < 1.29 is 0 Å². The molecule has 1 aliphatic rings. The molecule has 0 unspecified atom stereocenters. The normalized spacial score (nSPS) is 12.7. The third-order valence-corrected chi connectivity index (χ3v) is 14.1. The van der Waals surface area contributed by atoms with Gasteiger partial charge in [-0.3, -0.25) is 0 Å². The van der Waals surface area contributed by atoms with Crippen LogP contribution < -0.4 is 4.90 Å². The van der Waals surface area contributed by atoms with Gasteiger partial charge in [-0.15, -0.1) is 0 Å². The number of fused-ring (bicyclic) bond motifs is 9. The molecule has 0 aliphatic heterocycles. The lowest BCUT2D eigenvalue weighted by Crippen LogP contribution is -2.28. The number of benzene rings is 12. The van der Waals surface area contributed by atoms with Gasteiger partial charge < -0.3 is 4.90 Å². The SMILES string of the molecule is c1ccc(-c2c(-c3ccccc3)c3cc(N(c4cccc5c4-c4ccccc4C5(c4ccccc4)c4ccccc4)c4cccc5c4ccc4ccccc45)ccc3c3ccccc23)cc1. The summed E-state index contributed by atoms with van der Waals surface area (Å²) in [7, 11) is 0. The van der Waals surface area contributed by atoms with Gasteiger partial charge in [-0.2, -0.15) is 0 Å². The lowest BCUT2D eigenvalue weighted by atomic mass is 9.68. The molecule has 0 fully saturated rings. The van der Waals surface area contributed by atoms with Crippen LogP contribution in [0.3, 0.4) is 0 Å². The Morgan fingerprint density at radius 1 is 0.273 bits per heavy atom. The average Bonchev–Trinajstić information content (AvgIpc) is 3.71. The monoisotopic (exact) mass is 837 g/mol. The first-order chi connectivity index (χ1) is 32.8. The lowest BCUT2D eigenvalue weighted by molar-refractivity contribution is 0.768.